The summed E-state index contributed by atoms with van der Waals surface area (Å²) >= 11 is 0. The van der Waals surface area contributed by atoms with Crippen LogP contribution in [0.25, 0.3) is 0 Å². The van der Waals surface area contributed by atoms with Gasteiger partial charge in [0, 0.05) is 13.2 Å². The van der Waals surface area contributed by atoms with Gasteiger partial charge in [0.05, 0.1) is 12.6 Å². The van der Waals surface area contributed by atoms with Crippen molar-refractivity contribution in [3.05, 3.63) is 0 Å². The van der Waals surface area contributed by atoms with Crippen LogP contribution in [0.4, 0.5) is 0 Å². The van der Waals surface area contributed by atoms with Crippen LogP contribution in [0.1, 0.15) is 19.3 Å². The van der Waals surface area contributed by atoms with Gasteiger partial charge in [-0.3, -0.25) is 4.90 Å². The molecule has 0 aromatic carbocycles. The summed E-state index contributed by atoms with van der Waals surface area (Å²) in [5, 5.41) is 17.2. The van der Waals surface area contributed by atoms with Crippen molar-refractivity contribution in [3.63, 3.8) is 0 Å². The highest BCUT2D eigenvalue weighted by Crippen LogP contribution is 2.18. The van der Waals surface area contributed by atoms with Crippen LogP contribution in [0.2, 0.25) is 0 Å². The van der Waals surface area contributed by atoms with Gasteiger partial charge in [-0.2, -0.15) is 5.26 Å². The predicted octanol–water partition coefficient (Wildman–Crippen LogP) is 0.604. The molecule has 0 radical (unpaired) electrons. The molecular weight excluding hydrogens is 152 g/mol. The average molecular weight is 168 g/mol. The molecule has 1 atom stereocenters. The number of likely N-dealkylation sites (tertiary alicyclic amines) is 1. The summed E-state index contributed by atoms with van der Waals surface area (Å²) in [5.41, 5.74) is 0. The first-order valence-corrected chi connectivity index (χ1v) is 4.57. The lowest BCUT2D eigenvalue weighted by atomic mass is 9.95. The molecule has 68 valence electrons. The summed E-state index contributed by atoms with van der Waals surface area (Å²) in [4.78, 5) is 2.17. The number of nitriles is 1. The molecule has 0 amide bonds. The Balaban J connectivity index is 2.26. The van der Waals surface area contributed by atoms with Crippen LogP contribution in [0.3, 0.4) is 0 Å². The number of aliphatic hydroxyl groups is 1. The monoisotopic (exact) mass is 168 g/mol. The molecule has 1 N–H and O–H groups in total. The van der Waals surface area contributed by atoms with Gasteiger partial charge in [0.1, 0.15) is 0 Å². The maximum absolute atomic E-state index is 8.75. The fraction of sp³-hybridized carbons (Fsp3) is 0.889. The first-order valence-electron chi connectivity index (χ1n) is 4.57. The summed E-state index contributed by atoms with van der Waals surface area (Å²) in [7, 11) is 0. The smallest absolute Gasteiger partial charge is 0.0866 e. The predicted molar refractivity (Wildman–Crippen MR) is 46.5 cm³/mol. The fourth-order valence-corrected chi connectivity index (χ4v) is 1.81. The number of rotatable bonds is 3. The van der Waals surface area contributed by atoms with Crippen molar-refractivity contribution in [2.45, 2.75) is 19.3 Å². The van der Waals surface area contributed by atoms with E-state index in [0.717, 1.165) is 19.5 Å². The normalized spacial score (nSPS) is 25.2. The molecule has 0 bridgehead atoms. The van der Waals surface area contributed by atoms with Crippen LogP contribution in [0, 0.1) is 17.2 Å². The molecule has 1 rings (SSSR count). The van der Waals surface area contributed by atoms with Crippen molar-refractivity contribution >= 4 is 0 Å². The van der Waals surface area contributed by atoms with E-state index in [4.69, 9.17) is 10.4 Å². The van der Waals surface area contributed by atoms with Gasteiger partial charge in [-0.1, -0.05) is 0 Å². The van der Waals surface area contributed by atoms with Gasteiger partial charge < -0.3 is 5.11 Å². The van der Waals surface area contributed by atoms with E-state index in [2.05, 4.69) is 11.0 Å². The van der Waals surface area contributed by atoms with Crippen molar-refractivity contribution in [2.75, 3.05) is 26.2 Å². The van der Waals surface area contributed by atoms with E-state index >= 15 is 0 Å². The Morgan fingerprint density at radius 1 is 1.58 bits per heavy atom. The first-order chi connectivity index (χ1) is 5.86. The minimum Gasteiger partial charge on any atom is -0.396 e. The lowest BCUT2D eigenvalue weighted by Crippen LogP contribution is -2.35. The van der Waals surface area contributed by atoms with Crippen molar-refractivity contribution < 1.29 is 5.11 Å². The van der Waals surface area contributed by atoms with Crippen LogP contribution in [0.5, 0.6) is 0 Å². The highest BCUT2D eigenvalue weighted by Gasteiger charge is 2.18. The summed E-state index contributed by atoms with van der Waals surface area (Å²) < 4.78 is 0. The van der Waals surface area contributed by atoms with E-state index < -0.39 is 0 Å². The molecule has 1 unspecified atom stereocenters. The van der Waals surface area contributed by atoms with Gasteiger partial charge in [-0.25, -0.2) is 0 Å². The minimum absolute atomic E-state index is 0.283. The summed E-state index contributed by atoms with van der Waals surface area (Å²) in [6.07, 6.45) is 3.27. The summed E-state index contributed by atoms with van der Waals surface area (Å²) in [6.45, 7) is 2.87. The molecular formula is C9H16N2O. The van der Waals surface area contributed by atoms with Crippen LogP contribution in [-0.4, -0.2) is 36.2 Å². The Labute approximate surface area is 73.6 Å². The van der Waals surface area contributed by atoms with E-state index in [1.54, 1.807) is 0 Å². The van der Waals surface area contributed by atoms with E-state index in [-0.39, 0.29) is 6.61 Å². The van der Waals surface area contributed by atoms with E-state index in [1.807, 2.05) is 0 Å². The molecule has 1 aliphatic rings. The standard InChI is InChI=1S/C9H16N2O/c10-4-6-11-5-1-2-9(8-11)3-7-12/h9,12H,1-3,5-8H2. The minimum atomic E-state index is 0.283. The average Bonchev–Trinajstić information content (AvgIpc) is 2.06. The Kier molecular flexibility index (Phi) is 4.06. The molecule has 12 heavy (non-hydrogen) atoms. The number of nitrogens with zero attached hydrogens (tertiary/aromatic N) is 2. The summed E-state index contributed by atoms with van der Waals surface area (Å²) in [6, 6.07) is 2.16. The van der Waals surface area contributed by atoms with Crippen molar-refractivity contribution in [2.24, 2.45) is 5.92 Å². The Bertz CT molecular complexity index is 162. The Morgan fingerprint density at radius 3 is 3.08 bits per heavy atom. The molecule has 3 nitrogen and oxygen atoms in total. The van der Waals surface area contributed by atoms with Crippen LogP contribution in [0.15, 0.2) is 0 Å². The zero-order chi connectivity index (χ0) is 8.81. The highest BCUT2D eigenvalue weighted by atomic mass is 16.3. The van der Waals surface area contributed by atoms with E-state index in [1.165, 1.54) is 12.8 Å². The number of aliphatic hydroxyl groups excluding tert-OH is 1. The molecule has 0 aromatic rings. The maximum atomic E-state index is 8.75. The third kappa shape index (κ3) is 2.80. The van der Waals surface area contributed by atoms with Gasteiger partial charge in [-0.05, 0) is 31.7 Å². The second kappa shape index (κ2) is 5.13. The quantitative estimate of drug-likeness (QED) is 0.628. The van der Waals surface area contributed by atoms with Crippen LogP contribution >= 0.6 is 0 Å². The number of piperidine rings is 1. The molecule has 1 heterocycles. The Hall–Kier alpha value is -0.590. The lowest BCUT2D eigenvalue weighted by molar-refractivity contribution is 0.160. The second-order valence-electron chi connectivity index (χ2n) is 3.41. The third-order valence-electron chi connectivity index (χ3n) is 2.43. The third-order valence-corrected chi connectivity index (χ3v) is 2.43. The molecule has 1 saturated heterocycles. The van der Waals surface area contributed by atoms with Crippen molar-refractivity contribution in [1.29, 1.82) is 5.26 Å². The van der Waals surface area contributed by atoms with Gasteiger partial charge in [0.2, 0.25) is 0 Å². The number of hydrogen-bond acceptors (Lipinski definition) is 3. The van der Waals surface area contributed by atoms with Crippen molar-refractivity contribution in [1.82, 2.24) is 4.90 Å². The largest absolute Gasteiger partial charge is 0.396 e. The van der Waals surface area contributed by atoms with Crippen LogP contribution in [-0.2, 0) is 0 Å². The fourth-order valence-electron chi connectivity index (χ4n) is 1.81. The zero-order valence-electron chi connectivity index (χ0n) is 7.37. The summed E-state index contributed by atoms with van der Waals surface area (Å²) in [5.74, 6) is 0.608. The topological polar surface area (TPSA) is 47.3 Å². The van der Waals surface area contributed by atoms with E-state index in [0.29, 0.717) is 12.5 Å². The molecule has 0 saturated carbocycles. The lowest BCUT2D eigenvalue weighted by Gasteiger charge is -2.30. The van der Waals surface area contributed by atoms with E-state index in [9.17, 15) is 0 Å². The molecule has 0 aliphatic carbocycles. The molecule has 0 aromatic heterocycles. The van der Waals surface area contributed by atoms with Gasteiger partial charge in [-0.15, -0.1) is 0 Å². The second-order valence-corrected chi connectivity index (χ2v) is 3.41. The first kappa shape index (κ1) is 9.50. The molecule has 1 aliphatic heterocycles. The highest BCUT2D eigenvalue weighted by molar-refractivity contribution is 4.81. The van der Waals surface area contributed by atoms with Gasteiger partial charge in [0.25, 0.3) is 0 Å². The van der Waals surface area contributed by atoms with Crippen molar-refractivity contribution in [3.8, 4) is 6.07 Å². The Morgan fingerprint density at radius 2 is 2.42 bits per heavy atom. The van der Waals surface area contributed by atoms with Gasteiger partial charge >= 0.3 is 0 Å². The van der Waals surface area contributed by atoms with Crippen LogP contribution < -0.4 is 0 Å². The maximum Gasteiger partial charge on any atom is 0.0866 e. The zero-order valence-corrected chi connectivity index (χ0v) is 7.37. The SMILES string of the molecule is N#CCN1CCCC(CCO)C1. The van der Waals surface area contributed by atoms with Gasteiger partial charge in [0.15, 0.2) is 0 Å². The molecule has 0 spiro atoms. The molecule has 1 fully saturated rings. The molecule has 3 heteroatoms. The number of hydrogen-bond donors (Lipinski definition) is 1.